The summed E-state index contributed by atoms with van der Waals surface area (Å²) in [5, 5.41) is 12.1. The molecule has 2 aliphatic rings. The summed E-state index contributed by atoms with van der Waals surface area (Å²) in [5.74, 6) is 2.58. The fourth-order valence-electron chi connectivity index (χ4n) is 4.00. The van der Waals surface area contributed by atoms with Crippen LogP contribution in [0.5, 0.6) is 0 Å². The summed E-state index contributed by atoms with van der Waals surface area (Å²) in [7, 11) is 0. The summed E-state index contributed by atoms with van der Waals surface area (Å²) in [6, 6.07) is 10.8. The molecule has 140 valence electrons. The molecule has 2 aromatic heterocycles. The van der Waals surface area contributed by atoms with E-state index in [-0.39, 0.29) is 0 Å². The largest absolute Gasteiger partial charge is 0.378 e. The molecule has 0 amide bonds. The Labute approximate surface area is 162 Å². The molecule has 0 bridgehead atoms. The van der Waals surface area contributed by atoms with Gasteiger partial charge in [-0.15, -0.1) is 21.5 Å². The van der Waals surface area contributed by atoms with Crippen LogP contribution in [0.3, 0.4) is 0 Å². The molecule has 0 radical (unpaired) electrons. The number of ether oxygens (including phenoxy) is 1. The van der Waals surface area contributed by atoms with E-state index in [1.807, 2.05) is 0 Å². The second-order valence-electron chi connectivity index (χ2n) is 7.14. The molecule has 0 aliphatic carbocycles. The van der Waals surface area contributed by atoms with Gasteiger partial charge in [-0.2, -0.15) is 0 Å². The van der Waals surface area contributed by atoms with Crippen molar-refractivity contribution in [3.05, 3.63) is 47.1 Å². The number of hydrogen-bond donors (Lipinski definition) is 0. The summed E-state index contributed by atoms with van der Waals surface area (Å²) in [4.78, 5) is 7.15. The number of rotatable bonds is 3. The zero-order valence-corrected chi connectivity index (χ0v) is 16.1. The summed E-state index contributed by atoms with van der Waals surface area (Å²) in [6.07, 6.45) is 3.20. The second-order valence-corrected chi connectivity index (χ2v) is 7.98. The Kier molecular flexibility index (Phi) is 4.63. The van der Waals surface area contributed by atoms with Crippen LogP contribution in [0.15, 0.2) is 35.7 Å². The highest BCUT2D eigenvalue weighted by atomic mass is 32.1. The van der Waals surface area contributed by atoms with Crippen LogP contribution in [0, 0.1) is 0 Å². The number of thiazole rings is 1. The smallest absolute Gasteiger partial charge is 0.186 e. The lowest BCUT2D eigenvalue weighted by atomic mass is 9.92. The van der Waals surface area contributed by atoms with Gasteiger partial charge in [-0.1, -0.05) is 30.3 Å². The van der Waals surface area contributed by atoms with Crippen LogP contribution < -0.4 is 4.90 Å². The highest BCUT2D eigenvalue weighted by Crippen LogP contribution is 2.32. The zero-order chi connectivity index (χ0) is 18.1. The molecular formula is C20H23N5OS. The summed E-state index contributed by atoms with van der Waals surface area (Å²) in [5.41, 5.74) is 2.37. The molecule has 6 nitrogen and oxygen atoms in total. The Hall–Kier alpha value is -2.25. The first-order valence-corrected chi connectivity index (χ1v) is 10.5. The van der Waals surface area contributed by atoms with Gasteiger partial charge in [0, 0.05) is 31.4 Å². The third kappa shape index (κ3) is 3.37. The minimum atomic E-state index is 0.583. The molecule has 5 rings (SSSR count). The van der Waals surface area contributed by atoms with Crippen LogP contribution >= 0.6 is 11.3 Å². The standard InChI is InChI=1S/C20H23N5OS/c1-2-4-15(5-3-1)16-6-7-18-22-23-19(25(18)9-8-16)17-14-27-20(21-17)24-10-12-26-13-11-24/h1-5,14,16H,6-13H2. The number of nitrogens with zero attached hydrogens (tertiary/aromatic N) is 5. The fraction of sp³-hybridized carbons (Fsp3) is 0.450. The first-order valence-electron chi connectivity index (χ1n) is 9.64. The molecule has 27 heavy (non-hydrogen) atoms. The average molecular weight is 382 g/mol. The molecule has 3 aromatic rings. The van der Waals surface area contributed by atoms with E-state index in [2.05, 4.69) is 55.4 Å². The molecule has 4 heterocycles. The van der Waals surface area contributed by atoms with Crippen molar-refractivity contribution in [3.63, 3.8) is 0 Å². The molecule has 1 atom stereocenters. The van der Waals surface area contributed by atoms with Gasteiger partial charge in [0.1, 0.15) is 11.5 Å². The molecule has 0 N–H and O–H groups in total. The van der Waals surface area contributed by atoms with Crippen LogP contribution in [0.1, 0.15) is 30.1 Å². The van der Waals surface area contributed by atoms with Gasteiger partial charge < -0.3 is 14.2 Å². The highest BCUT2D eigenvalue weighted by molar-refractivity contribution is 7.14. The first kappa shape index (κ1) is 16.9. The minimum Gasteiger partial charge on any atom is -0.378 e. The predicted molar refractivity (Wildman–Crippen MR) is 106 cm³/mol. The van der Waals surface area contributed by atoms with Crippen LogP contribution in [-0.2, 0) is 17.7 Å². The van der Waals surface area contributed by atoms with Gasteiger partial charge in [0.25, 0.3) is 0 Å². The van der Waals surface area contributed by atoms with Crippen molar-refractivity contribution >= 4 is 16.5 Å². The van der Waals surface area contributed by atoms with Gasteiger partial charge in [0.15, 0.2) is 11.0 Å². The van der Waals surface area contributed by atoms with Crippen LogP contribution in [0.25, 0.3) is 11.5 Å². The lowest BCUT2D eigenvalue weighted by Crippen LogP contribution is -2.36. The summed E-state index contributed by atoms with van der Waals surface area (Å²) >= 11 is 1.69. The predicted octanol–water partition coefficient (Wildman–Crippen LogP) is 3.36. The normalized spacial score (nSPS) is 20.3. The molecule has 1 fully saturated rings. The van der Waals surface area contributed by atoms with Gasteiger partial charge in [-0.05, 0) is 24.3 Å². The molecule has 1 saturated heterocycles. The topological polar surface area (TPSA) is 56.1 Å². The number of fused-ring (bicyclic) bond motifs is 1. The maximum Gasteiger partial charge on any atom is 0.186 e. The van der Waals surface area contributed by atoms with E-state index in [4.69, 9.17) is 9.72 Å². The maximum atomic E-state index is 5.44. The van der Waals surface area contributed by atoms with Crippen molar-refractivity contribution in [1.82, 2.24) is 19.7 Å². The SMILES string of the molecule is c1ccc(C2CCc3nnc(-c4csc(N5CCOCC5)n4)n3CC2)cc1. The zero-order valence-electron chi connectivity index (χ0n) is 15.3. The third-order valence-electron chi connectivity index (χ3n) is 5.52. The van der Waals surface area contributed by atoms with E-state index in [1.54, 1.807) is 11.3 Å². The van der Waals surface area contributed by atoms with Crippen molar-refractivity contribution in [1.29, 1.82) is 0 Å². The van der Waals surface area contributed by atoms with E-state index in [1.165, 1.54) is 5.56 Å². The highest BCUT2D eigenvalue weighted by Gasteiger charge is 2.24. The van der Waals surface area contributed by atoms with Crippen molar-refractivity contribution < 1.29 is 4.74 Å². The van der Waals surface area contributed by atoms with Gasteiger partial charge in [0.2, 0.25) is 0 Å². The lowest BCUT2D eigenvalue weighted by molar-refractivity contribution is 0.122. The molecule has 1 unspecified atom stereocenters. The van der Waals surface area contributed by atoms with Crippen molar-refractivity contribution in [3.8, 4) is 11.5 Å². The van der Waals surface area contributed by atoms with E-state index < -0.39 is 0 Å². The van der Waals surface area contributed by atoms with Gasteiger partial charge >= 0.3 is 0 Å². The first-order chi connectivity index (χ1) is 13.4. The van der Waals surface area contributed by atoms with E-state index in [0.29, 0.717) is 5.92 Å². The Morgan fingerprint density at radius 2 is 1.85 bits per heavy atom. The number of aromatic nitrogens is 4. The van der Waals surface area contributed by atoms with Gasteiger partial charge in [0.05, 0.1) is 13.2 Å². The number of aryl methyl sites for hydroxylation is 1. The van der Waals surface area contributed by atoms with E-state index >= 15 is 0 Å². The molecule has 2 aliphatic heterocycles. The molecule has 1 aromatic carbocycles. The van der Waals surface area contributed by atoms with Crippen molar-refractivity contribution in [2.45, 2.75) is 31.7 Å². The fourth-order valence-corrected chi connectivity index (χ4v) is 4.86. The molecule has 7 heteroatoms. The van der Waals surface area contributed by atoms with Crippen LogP contribution in [0.4, 0.5) is 5.13 Å². The van der Waals surface area contributed by atoms with Crippen LogP contribution in [0.2, 0.25) is 0 Å². The third-order valence-corrected chi connectivity index (χ3v) is 6.42. The summed E-state index contributed by atoms with van der Waals surface area (Å²) < 4.78 is 7.72. The van der Waals surface area contributed by atoms with Gasteiger partial charge in [-0.25, -0.2) is 4.98 Å². The monoisotopic (exact) mass is 381 g/mol. The van der Waals surface area contributed by atoms with Crippen molar-refractivity contribution in [2.24, 2.45) is 0 Å². The Balaban J connectivity index is 1.37. The Morgan fingerprint density at radius 3 is 2.70 bits per heavy atom. The van der Waals surface area contributed by atoms with Gasteiger partial charge in [-0.3, -0.25) is 0 Å². The van der Waals surface area contributed by atoms with E-state index in [0.717, 1.165) is 74.6 Å². The minimum absolute atomic E-state index is 0.583. The maximum absolute atomic E-state index is 5.44. The quantitative estimate of drug-likeness (QED) is 0.696. The number of hydrogen-bond acceptors (Lipinski definition) is 6. The average Bonchev–Trinajstić information content (AvgIpc) is 3.32. The number of morpholine rings is 1. The molecule has 0 saturated carbocycles. The number of benzene rings is 1. The Morgan fingerprint density at radius 1 is 1.00 bits per heavy atom. The molecular weight excluding hydrogens is 358 g/mol. The summed E-state index contributed by atoms with van der Waals surface area (Å²) in [6.45, 7) is 4.31. The number of anilines is 1. The second kappa shape index (κ2) is 7.40. The van der Waals surface area contributed by atoms with Crippen LogP contribution in [-0.4, -0.2) is 46.1 Å². The lowest BCUT2D eigenvalue weighted by Gasteiger charge is -2.25. The molecule has 0 spiro atoms. The van der Waals surface area contributed by atoms with Crippen molar-refractivity contribution in [2.75, 3.05) is 31.2 Å². The Bertz CT molecular complexity index is 900. The van der Waals surface area contributed by atoms with E-state index in [9.17, 15) is 0 Å².